The van der Waals surface area contributed by atoms with Crippen LogP contribution < -0.4 is 10.6 Å². The molecule has 208 valence electrons. The van der Waals surface area contributed by atoms with E-state index < -0.39 is 0 Å². The number of unbranched alkanes of at least 4 members (excludes halogenated alkanes) is 1. The summed E-state index contributed by atoms with van der Waals surface area (Å²) < 4.78 is 2.30. The van der Waals surface area contributed by atoms with Gasteiger partial charge in [0.1, 0.15) is 0 Å². The maximum Gasteiger partial charge on any atom is 0.252 e. The summed E-state index contributed by atoms with van der Waals surface area (Å²) in [7, 11) is 0. The van der Waals surface area contributed by atoms with Gasteiger partial charge in [0.15, 0.2) is 0 Å². The number of nitrogens with zero attached hydrogens (tertiary/aromatic N) is 3. The number of carbonyl (C=O) groups excluding carboxylic acids is 2. The van der Waals surface area contributed by atoms with E-state index in [1.54, 1.807) is 12.4 Å². The van der Waals surface area contributed by atoms with Gasteiger partial charge in [0, 0.05) is 60.3 Å². The maximum absolute atomic E-state index is 13.1. The number of aromatic nitrogens is 2. The van der Waals surface area contributed by atoms with Crippen LogP contribution in [-0.4, -0.2) is 59.0 Å². The van der Waals surface area contributed by atoms with Crippen LogP contribution in [0.2, 0.25) is 0 Å². The SMILES string of the molecule is Cc1cn(CCCCNC(=O)c2ccccc2-c2cncc(C(=O)NCCCN3CCCC3)c2)c2ccccc12. The quantitative estimate of drug-likeness (QED) is 0.236. The van der Waals surface area contributed by atoms with Gasteiger partial charge in [0.05, 0.1) is 5.56 Å². The van der Waals surface area contributed by atoms with Crippen molar-refractivity contribution in [2.24, 2.45) is 0 Å². The van der Waals surface area contributed by atoms with Crippen molar-refractivity contribution in [3.05, 3.63) is 89.9 Å². The number of benzene rings is 2. The Morgan fingerprint density at radius 3 is 2.48 bits per heavy atom. The van der Waals surface area contributed by atoms with Gasteiger partial charge >= 0.3 is 0 Å². The van der Waals surface area contributed by atoms with Crippen molar-refractivity contribution in [3.8, 4) is 11.1 Å². The monoisotopic (exact) mass is 537 g/mol. The highest BCUT2D eigenvalue weighted by atomic mass is 16.2. The molecule has 2 aromatic carbocycles. The number of para-hydroxylation sites is 1. The zero-order valence-corrected chi connectivity index (χ0v) is 23.4. The fourth-order valence-electron chi connectivity index (χ4n) is 5.58. The van der Waals surface area contributed by atoms with Crippen molar-refractivity contribution >= 4 is 22.7 Å². The Morgan fingerprint density at radius 1 is 0.850 bits per heavy atom. The molecule has 1 fully saturated rings. The van der Waals surface area contributed by atoms with E-state index in [9.17, 15) is 9.59 Å². The van der Waals surface area contributed by atoms with Gasteiger partial charge in [-0.05, 0) is 88.0 Å². The number of fused-ring (bicyclic) bond motifs is 1. The summed E-state index contributed by atoms with van der Waals surface area (Å²) in [5.41, 5.74) is 5.15. The van der Waals surface area contributed by atoms with Crippen LogP contribution in [0.3, 0.4) is 0 Å². The van der Waals surface area contributed by atoms with Crippen molar-refractivity contribution < 1.29 is 9.59 Å². The molecule has 5 rings (SSSR count). The van der Waals surface area contributed by atoms with E-state index in [1.165, 1.54) is 29.3 Å². The van der Waals surface area contributed by atoms with Gasteiger partial charge in [0.2, 0.25) is 0 Å². The highest BCUT2D eigenvalue weighted by Gasteiger charge is 2.15. The molecule has 4 aromatic rings. The van der Waals surface area contributed by atoms with Crippen molar-refractivity contribution in [1.82, 2.24) is 25.1 Å². The normalized spacial score (nSPS) is 13.5. The molecule has 7 heteroatoms. The van der Waals surface area contributed by atoms with Crippen LogP contribution in [0.1, 0.15) is 58.4 Å². The van der Waals surface area contributed by atoms with E-state index in [4.69, 9.17) is 0 Å². The van der Waals surface area contributed by atoms with Crippen LogP contribution in [0.4, 0.5) is 0 Å². The first kappa shape index (κ1) is 27.6. The summed E-state index contributed by atoms with van der Waals surface area (Å²) in [6.45, 7) is 7.64. The average Bonchev–Trinajstić information content (AvgIpc) is 3.63. The van der Waals surface area contributed by atoms with Crippen LogP contribution >= 0.6 is 0 Å². The summed E-state index contributed by atoms with van der Waals surface area (Å²) in [5, 5.41) is 7.39. The van der Waals surface area contributed by atoms with E-state index in [0.717, 1.165) is 56.6 Å². The molecule has 7 nitrogen and oxygen atoms in total. The molecule has 0 unspecified atom stereocenters. The average molecular weight is 538 g/mol. The summed E-state index contributed by atoms with van der Waals surface area (Å²) in [5.74, 6) is -0.252. The van der Waals surface area contributed by atoms with E-state index in [2.05, 4.69) is 62.5 Å². The van der Waals surface area contributed by atoms with Gasteiger partial charge < -0.3 is 20.1 Å². The van der Waals surface area contributed by atoms with Gasteiger partial charge in [-0.2, -0.15) is 0 Å². The lowest BCUT2D eigenvalue weighted by Gasteiger charge is -2.14. The first-order valence-corrected chi connectivity index (χ1v) is 14.5. The molecular formula is C33H39N5O2. The highest BCUT2D eigenvalue weighted by molar-refractivity contribution is 6.01. The van der Waals surface area contributed by atoms with Crippen LogP contribution in [0.15, 0.2) is 73.2 Å². The Balaban J connectivity index is 1.13. The second-order valence-electron chi connectivity index (χ2n) is 10.7. The number of pyridine rings is 1. The fraction of sp³-hybridized carbons (Fsp3) is 0.364. The molecule has 1 aliphatic rings. The largest absolute Gasteiger partial charge is 0.352 e. The van der Waals surface area contributed by atoms with Gasteiger partial charge in [-0.1, -0.05) is 36.4 Å². The standard InChI is InChI=1S/C33H39N5O2/c1-25-24-38(31-14-5-4-11-28(25)31)20-7-6-15-36-33(40)30-13-3-2-12-29(30)26-21-27(23-34-22-26)32(39)35-16-10-19-37-17-8-9-18-37/h2-5,11-14,21-24H,6-10,15-20H2,1H3,(H,35,39)(H,36,40). The minimum Gasteiger partial charge on any atom is -0.352 e. The minimum absolute atomic E-state index is 0.116. The number of hydrogen-bond acceptors (Lipinski definition) is 4. The first-order valence-electron chi connectivity index (χ1n) is 14.5. The van der Waals surface area contributed by atoms with Crippen LogP contribution in [-0.2, 0) is 6.54 Å². The lowest BCUT2D eigenvalue weighted by Crippen LogP contribution is -2.28. The maximum atomic E-state index is 13.1. The van der Waals surface area contributed by atoms with Crippen LogP contribution in [0, 0.1) is 6.92 Å². The minimum atomic E-state index is -0.136. The first-order chi connectivity index (χ1) is 19.6. The molecule has 0 saturated carbocycles. The number of rotatable bonds is 12. The van der Waals surface area contributed by atoms with Crippen molar-refractivity contribution in [3.63, 3.8) is 0 Å². The number of amides is 2. The third-order valence-electron chi connectivity index (χ3n) is 7.72. The third kappa shape index (κ3) is 6.77. The fourth-order valence-corrected chi connectivity index (χ4v) is 5.58. The molecule has 2 N–H and O–H groups in total. The molecule has 0 radical (unpaired) electrons. The predicted molar refractivity (Wildman–Crippen MR) is 161 cm³/mol. The smallest absolute Gasteiger partial charge is 0.252 e. The molecule has 0 atom stereocenters. The van der Waals surface area contributed by atoms with E-state index in [1.807, 2.05) is 30.3 Å². The van der Waals surface area contributed by atoms with Crippen LogP contribution in [0.5, 0.6) is 0 Å². The lowest BCUT2D eigenvalue weighted by atomic mass is 9.99. The van der Waals surface area contributed by atoms with Gasteiger partial charge in [-0.25, -0.2) is 0 Å². The zero-order valence-electron chi connectivity index (χ0n) is 23.4. The highest BCUT2D eigenvalue weighted by Crippen LogP contribution is 2.24. The molecule has 40 heavy (non-hydrogen) atoms. The molecule has 2 amide bonds. The van der Waals surface area contributed by atoms with E-state index in [-0.39, 0.29) is 11.8 Å². The molecule has 2 aromatic heterocycles. The Kier molecular flexibility index (Phi) is 9.24. The number of aryl methyl sites for hydroxylation is 2. The third-order valence-corrected chi connectivity index (χ3v) is 7.72. The number of hydrogen-bond donors (Lipinski definition) is 2. The topological polar surface area (TPSA) is 79.3 Å². The van der Waals surface area contributed by atoms with E-state index in [0.29, 0.717) is 24.2 Å². The second-order valence-corrected chi connectivity index (χ2v) is 10.7. The Morgan fingerprint density at radius 2 is 1.60 bits per heavy atom. The van der Waals surface area contributed by atoms with Crippen LogP contribution in [0.25, 0.3) is 22.0 Å². The van der Waals surface area contributed by atoms with Crippen molar-refractivity contribution in [1.29, 1.82) is 0 Å². The molecule has 1 aliphatic heterocycles. The number of likely N-dealkylation sites (tertiary alicyclic amines) is 1. The molecule has 0 spiro atoms. The van der Waals surface area contributed by atoms with Gasteiger partial charge in [-0.3, -0.25) is 14.6 Å². The van der Waals surface area contributed by atoms with Crippen molar-refractivity contribution in [2.45, 2.75) is 45.6 Å². The number of carbonyl (C=O) groups is 2. The predicted octanol–water partition coefficient (Wildman–Crippen LogP) is 5.44. The zero-order chi connectivity index (χ0) is 27.7. The molecular weight excluding hydrogens is 498 g/mol. The second kappa shape index (κ2) is 13.4. The van der Waals surface area contributed by atoms with Crippen molar-refractivity contribution in [2.75, 3.05) is 32.7 Å². The summed E-state index contributed by atoms with van der Waals surface area (Å²) >= 11 is 0. The summed E-state index contributed by atoms with van der Waals surface area (Å²) in [6.07, 6.45) is 10.8. The Bertz CT molecular complexity index is 1450. The van der Waals surface area contributed by atoms with Gasteiger partial charge in [0.25, 0.3) is 11.8 Å². The Labute approximate surface area is 236 Å². The number of nitrogens with one attached hydrogen (secondary N) is 2. The lowest BCUT2D eigenvalue weighted by molar-refractivity contribution is 0.0945. The molecule has 3 heterocycles. The molecule has 0 bridgehead atoms. The molecule has 0 aliphatic carbocycles. The van der Waals surface area contributed by atoms with E-state index >= 15 is 0 Å². The molecule has 1 saturated heterocycles. The summed E-state index contributed by atoms with van der Waals surface area (Å²) in [4.78, 5) is 32.7. The van der Waals surface area contributed by atoms with Gasteiger partial charge in [-0.15, -0.1) is 0 Å². The summed E-state index contributed by atoms with van der Waals surface area (Å²) in [6, 6.07) is 17.8. The Hall–Kier alpha value is -3.97.